The number of carbonyl (C=O) groups is 1. The summed E-state index contributed by atoms with van der Waals surface area (Å²) in [5, 5.41) is 11.8. The monoisotopic (exact) mass is 348 g/mol. The van der Waals surface area contributed by atoms with Crippen LogP contribution in [-0.2, 0) is 21.9 Å². The second kappa shape index (κ2) is 4.60. The van der Waals surface area contributed by atoms with Crippen LogP contribution in [0.1, 0.15) is 17.0 Å². The summed E-state index contributed by atoms with van der Waals surface area (Å²) in [4.78, 5) is 10.4. The minimum absolute atomic E-state index is 0.0364. The van der Waals surface area contributed by atoms with Gasteiger partial charge in [0.25, 0.3) is 0 Å². The van der Waals surface area contributed by atoms with Crippen LogP contribution < -0.4 is 0 Å². The van der Waals surface area contributed by atoms with E-state index in [0.29, 0.717) is 0 Å². The molecule has 0 aliphatic carbocycles. The molecule has 0 saturated carbocycles. The highest BCUT2D eigenvalue weighted by Gasteiger charge is 2.38. The average molecular weight is 348 g/mol. The summed E-state index contributed by atoms with van der Waals surface area (Å²) in [5.41, 5.74) is -0.723. The van der Waals surface area contributed by atoms with Gasteiger partial charge in [-0.3, -0.25) is 9.48 Å². The summed E-state index contributed by atoms with van der Waals surface area (Å²) >= 11 is 1.79. The van der Waals surface area contributed by atoms with Gasteiger partial charge >= 0.3 is 12.1 Å². The van der Waals surface area contributed by atoms with Crippen molar-refractivity contribution in [2.75, 3.05) is 0 Å². The summed E-state index contributed by atoms with van der Waals surface area (Å²) in [7, 11) is 0. The molecule has 1 rings (SSSR count). The maximum atomic E-state index is 12.5. The molecule has 0 aliphatic rings. The van der Waals surface area contributed by atoms with Gasteiger partial charge < -0.3 is 5.11 Å². The summed E-state index contributed by atoms with van der Waals surface area (Å²) in [6.07, 6.45) is -4.55. The first kappa shape index (κ1) is 13.3. The Hall–Kier alpha value is -0.800. The SMILES string of the molecule is Cc1c(CI)c(C(F)(F)F)nn1CC(=O)O. The Bertz CT molecular complexity index is 414. The quantitative estimate of drug-likeness (QED) is 0.673. The molecule has 0 unspecified atom stereocenters. The fraction of sp³-hybridized carbons (Fsp3) is 0.500. The fourth-order valence-corrected chi connectivity index (χ4v) is 2.17. The molecule has 1 N–H and O–H groups in total. The van der Waals surface area contributed by atoms with Gasteiger partial charge in [0.2, 0.25) is 0 Å². The normalized spacial score (nSPS) is 11.8. The van der Waals surface area contributed by atoms with Crippen molar-refractivity contribution in [3.63, 3.8) is 0 Å². The van der Waals surface area contributed by atoms with Gasteiger partial charge in [0.1, 0.15) is 6.54 Å². The number of hydrogen-bond donors (Lipinski definition) is 1. The predicted molar refractivity (Wildman–Crippen MR) is 57.3 cm³/mol. The molecule has 1 aromatic rings. The Morgan fingerprint density at radius 1 is 1.56 bits per heavy atom. The number of aromatic nitrogens is 2. The summed E-state index contributed by atoms with van der Waals surface area (Å²) in [5.74, 6) is -1.22. The third kappa shape index (κ3) is 2.66. The van der Waals surface area contributed by atoms with Gasteiger partial charge in [-0.25, -0.2) is 0 Å². The molecule has 0 aromatic carbocycles. The molecule has 0 radical (unpaired) electrons. The van der Waals surface area contributed by atoms with Crippen molar-refractivity contribution in [1.82, 2.24) is 9.78 Å². The molecule has 0 saturated heterocycles. The molecule has 1 aromatic heterocycles. The molecular formula is C8H8F3IN2O2. The smallest absolute Gasteiger partial charge is 0.435 e. The van der Waals surface area contributed by atoms with Crippen LogP contribution in [0.25, 0.3) is 0 Å². The fourth-order valence-electron chi connectivity index (χ4n) is 1.25. The Balaban J connectivity index is 3.25. The van der Waals surface area contributed by atoms with Gasteiger partial charge in [0.05, 0.1) is 0 Å². The summed E-state index contributed by atoms with van der Waals surface area (Å²) in [6, 6.07) is 0. The third-order valence-corrected chi connectivity index (χ3v) is 2.78. The predicted octanol–water partition coefficient (Wildman–Crippen LogP) is 2.23. The molecule has 90 valence electrons. The largest absolute Gasteiger partial charge is 0.480 e. The van der Waals surface area contributed by atoms with Crippen molar-refractivity contribution < 1.29 is 23.1 Å². The molecule has 4 nitrogen and oxygen atoms in total. The van der Waals surface area contributed by atoms with Crippen LogP contribution in [0.15, 0.2) is 0 Å². The first-order valence-electron chi connectivity index (χ1n) is 4.18. The van der Waals surface area contributed by atoms with Gasteiger partial charge in [-0.2, -0.15) is 18.3 Å². The van der Waals surface area contributed by atoms with E-state index >= 15 is 0 Å². The average Bonchev–Trinajstić information content (AvgIpc) is 2.42. The number of carboxylic acid groups (broad SMARTS) is 1. The lowest BCUT2D eigenvalue weighted by atomic mass is 10.2. The zero-order valence-electron chi connectivity index (χ0n) is 8.18. The van der Waals surface area contributed by atoms with Crippen LogP contribution in [0.5, 0.6) is 0 Å². The zero-order valence-corrected chi connectivity index (χ0v) is 10.3. The highest BCUT2D eigenvalue weighted by molar-refractivity contribution is 14.1. The number of alkyl halides is 4. The van der Waals surface area contributed by atoms with Crippen LogP contribution >= 0.6 is 22.6 Å². The van der Waals surface area contributed by atoms with Crippen LogP contribution in [0.4, 0.5) is 13.2 Å². The van der Waals surface area contributed by atoms with Gasteiger partial charge in [0.15, 0.2) is 5.69 Å². The first-order valence-corrected chi connectivity index (χ1v) is 5.71. The second-order valence-corrected chi connectivity index (χ2v) is 3.86. The lowest BCUT2D eigenvalue weighted by Gasteiger charge is -2.03. The van der Waals surface area contributed by atoms with Crippen LogP contribution in [0.3, 0.4) is 0 Å². The molecule has 1 heterocycles. The van der Waals surface area contributed by atoms with Crippen LogP contribution in [-0.4, -0.2) is 20.9 Å². The second-order valence-electron chi connectivity index (χ2n) is 3.10. The van der Waals surface area contributed by atoms with Gasteiger partial charge in [-0.15, -0.1) is 0 Å². The molecule has 0 aliphatic heterocycles. The van der Waals surface area contributed by atoms with Crippen molar-refractivity contribution >= 4 is 28.6 Å². The minimum atomic E-state index is -4.55. The Labute approximate surface area is 103 Å². The van der Waals surface area contributed by atoms with E-state index in [-0.39, 0.29) is 15.7 Å². The third-order valence-electron chi connectivity index (χ3n) is 2.02. The molecular weight excluding hydrogens is 340 g/mol. The summed E-state index contributed by atoms with van der Waals surface area (Å²) < 4.78 is 38.6. The number of carboxylic acids is 1. The zero-order chi connectivity index (χ0) is 12.5. The lowest BCUT2D eigenvalue weighted by Crippen LogP contribution is -2.13. The van der Waals surface area contributed by atoms with E-state index in [2.05, 4.69) is 5.10 Å². The molecule has 16 heavy (non-hydrogen) atoms. The molecule has 0 bridgehead atoms. The number of nitrogens with zero attached hydrogens (tertiary/aromatic N) is 2. The Morgan fingerprint density at radius 2 is 2.12 bits per heavy atom. The van der Waals surface area contributed by atoms with E-state index in [1.807, 2.05) is 0 Å². The van der Waals surface area contributed by atoms with E-state index < -0.39 is 24.4 Å². The summed E-state index contributed by atoms with van der Waals surface area (Å²) in [6.45, 7) is 0.866. The lowest BCUT2D eigenvalue weighted by molar-refractivity contribution is -0.143. The van der Waals surface area contributed by atoms with E-state index in [1.165, 1.54) is 6.92 Å². The molecule has 0 fully saturated rings. The van der Waals surface area contributed by atoms with E-state index in [0.717, 1.165) is 4.68 Å². The van der Waals surface area contributed by atoms with Crippen LogP contribution in [0.2, 0.25) is 0 Å². The molecule has 0 atom stereocenters. The van der Waals surface area contributed by atoms with Gasteiger partial charge in [0, 0.05) is 15.7 Å². The van der Waals surface area contributed by atoms with E-state index in [1.54, 1.807) is 22.6 Å². The van der Waals surface area contributed by atoms with Crippen molar-refractivity contribution in [3.05, 3.63) is 17.0 Å². The first-order chi connectivity index (χ1) is 7.27. The van der Waals surface area contributed by atoms with Crippen molar-refractivity contribution in [1.29, 1.82) is 0 Å². The highest BCUT2D eigenvalue weighted by Crippen LogP contribution is 2.33. The maximum Gasteiger partial charge on any atom is 0.435 e. The molecule has 8 heteroatoms. The highest BCUT2D eigenvalue weighted by atomic mass is 127. The number of rotatable bonds is 3. The van der Waals surface area contributed by atoms with E-state index in [9.17, 15) is 18.0 Å². The Morgan fingerprint density at radius 3 is 2.44 bits per heavy atom. The molecule has 0 amide bonds. The number of halogens is 4. The van der Waals surface area contributed by atoms with Crippen LogP contribution in [0, 0.1) is 6.92 Å². The van der Waals surface area contributed by atoms with Crippen molar-refractivity contribution in [2.45, 2.75) is 24.1 Å². The van der Waals surface area contributed by atoms with Crippen molar-refractivity contribution in [3.8, 4) is 0 Å². The van der Waals surface area contributed by atoms with Gasteiger partial charge in [-0.1, -0.05) is 22.6 Å². The number of aliphatic carboxylic acids is 1. The van der Waals surface area contributed by atoms with Gasteiger partial charge in [-0.05, 0) is 6.92 Å². The Kier molecular flexibility index (Phi) is 3.81. The maximum absolute atomic E-state index is 12.5. The number of hydrogen-bond acceptors (Lipinski definition) is 2. The van der Waals surface area contributed by atoms with E-state index in [4.69, 9.17) is 5.11 Å². The molecule has 0 spiro atoms. The van der Waals surface area contributed by atoms with Crippen molar-refractivity contribution in [2.24, 2.45) is 0 Å². The minimum Gasteiger partial charge on any atom is -0.480 e. The topological polar surface area (TPSA) is 55.1 Å². The standard InChI is InChI=1S/C8H8F3IN2O2/c1-4-5(2-12)7(8(9,10)11)13-14(4)3-6(15)16/h2-3H2,1H3,(H,15,16).